The summed E-state index contributed by atoms with van der Waals surface area (Å²) in [5.41, 5.74) is 8.93. The normalized spacial score (nSPS) is 13.0. The van der Waals surface area contributed by atoms with E-state index in [0.717, 1.165) is 11.8 Å². The molecule has 0 bridgehead atoms. The van der Waals surface area contributed by atoms with Gasteiger partial charge in [0.25, 0.3) is 0 Å². The first kappa shape index (κ1) is 25.5. The van der Waals surface area contributed by atoms with Crippen molar-refractivity contribution in [2.24, 2.45) is 5.73 Å². The van der Waals surface area contributed by atoms with Gasteiger partial charge in [-0.2, -0.15) is 13.2 Å². The largest absolute Gasteiger partial charge is 0.490 e. The molecule has 4 N–H and O–H groups in total. The second-order valence-electron chi connectivity index (χ2n) is 6.46. The summed E-state index contributed by atoms with van der Waals surface area (Å²) in [5, 5.41) is 18.5. The maximum absolute atomic E-state index is 13.3. The number of nitrogens with zero attached hydrogens (tertiary/aromatic N) is 1. The van der Waals surface area contributed by atoms with E-state index in [2.05, 4.69) is 4.98 Å². The summed E-state index contributed by atoms with van der Waals surface area (Å²) in [7, 11) is 0. The van der Waals surface area contributed by atoms with Gasteiger partial charge < -0.3 is 15.9 Å². The zero-order valence-electron chi connectivity index (χ0n) is 16.0. The molecule has 0 radical (unpaired) electrons. The number of benzene rings is 2. The van der Waals surface area contributed by atoms with Gasteiger partial charge in [0.2, 0.25) is 0 Å². The summed E-state index contributed by atoms with van der Waals surface area (Å²) < 4.78 is 45.0. The van der Waals surface area contributed by atoms with Crippen molar-refractivity contribution in [2.45, 2.75) is 18.3 Å². The van der Waals surface area contributed by atoms with E-state index in [9.17, 15) is 22.7 Å². The Hall–Kier alpha value is -2.72. The highest BCUT2D eigenvalue weighted by molar-refractivity contribution is 6.42. The van der Waals surface area contributed by atoms with Crippen molar-refractivity contribution >= 4 is 29.2 Å². The number of carbonyl (C=O) groups is 1. The minimum absolute atomic E-state index is 0.385. The highest BCUT2D eigenvalue weighted by Crippen LogP contribution is 2.32. The molecule has 0 amide bonds. The van der Waals surface area contributed by atoms with E-state index in [1.54, 1.807) is 48.7 Å². The number of aliphatic hydroxyl groups excluding tert-OH is 1. The molecule has 0 aliphatic rings. The highest BCUT2D eigenvalue weighted by atomic mass is 35.5. The molecule has 1 heterocycles. The maximum Gasteiger partial charge on any atom is 0.490 e. The van der Waals surface area contributed by atoms with Crippen molar-refractivity contribution in [1.82, 2.24) is 4.98 Å². The fraction of sp³-hybridized carbons (Fsp3) is 0.143. The van der Waals surface area contributed by atoms with Crippen LogP contribution in [-0.2, 0) is 4.79 Å². The quantitative estimate of drug-likeness (QED) is 0.416. The highest BCUT2D eigenvalue weighted by Gasteiger charge is 2.38. The predicted octanol–water partition coefficient (Wildman–Crippen LogP) is 5.56. The van der Waals surface area contributed by atoms with Crippen molar-refractivity contribution in [3.05, 3.63) is 87.9 Å². The lowest BCUT2D eigenvalue weighted by molar-refractivity contribution is -0.192. The van der Waals surface area contributed by atoms with Crippen molar-refractivity contribution in [3.63, 3.8) is 0 Å². The van der Waals surface area contributed by atoms with Crippen molar-refractivity contribution in [2.75, 3.05) is 0 Å². The summed E-state index contributed by atoms with van der Waals surface area (Å²) in [6.07, 6.45) is -3.27. The van der Waals surface area contributed by atoms with Crippen LogP contribution in [0.3, 0.4) is 0 Å². The molecule has 3 rings (SSSR count). The molecule has 0 saturated heterocycles. The number of carboxylic acid groups (broad SMARTS) is 1. The third-order valence-electron chi connectivity index (χ3n) is 4.20. The monoisotopic (exact) mass is 490 g/mol. The summed E-state index contributed by atoms with van der Waals surface area (Å²) in [6, 6.07) is 12.8. The molecule has 0 saturated carbocycles. The smallest absolute Gasteiger partial charge is 0.475 e. The van der Waals surface area contributed by atoms with Gasteiger partial charge in [0.05, 0.1) is 28.4 Å². The van der Waals surface area contributed by atoms with Crippen LogP contribution in [0.5, 0.6) is 0 Å². The second kappa shape index (κ2) is 10.7. The summed E-state index contributed by atoms with van der Waals surface area (Å²) >= 11 is 11.9. The van der Waals surface area contributed by atoms with Crippen molar-refractivity contribution in [1.29, 1.82) is 0 Å². The van der Waals surface area contributed by atoms with Gasteiger partial charge in [0.15, 0.2) is 0 Å². The van der Waals surface area contributed by atoms with Crippen LogP contribution >= 0.6 is 23.2 Å². The van der Waals surface area contributed by atoms with E-state index < -0.39 is 30.1 Å². The first-order valence-corrected chi connectivity index (χ1v) is 9.55. The van der Waals surface area contributed by atoms with Crippen LogP contribution in [0.4, 0.5) is 17.6 Å². The number of aromatic nitrogens is 1. The molecule has 0 aliphatic heterocycles. The van der Waals surface area contributed by atoms with Crippen LogP contribution in [0.25, 0.3) is 11.1 Å². The summed E-state index contributed by atoms with van der Waals surface area (Å²) in [6.45, 7) is 0. The van der Waals surface area contributed by atoms with Gasteiger partial charge in [0, 0.05) is 11.8 Å². The number of nitrogens with two attached hydrogens (primary N) is 1. The number of rotatable bonds is 4. The lowest BCUT2D eigenvalue weighted by Gasteiger charge is -2.20. The van der Waals surface area contributed by atoms with E-state index in [1.165, 1.54) is 6.07 Å². The topological polar surface area (TPSA) is 96.4 Å². The fourth-order valence-corrected chi connectivity index (χ4v) is 2.86. The number of carboxylic acids is 1. The molecule has 0 unspecified atom stereocenters. The number of hydrogen-bond acceptors (Lipinski definition) is 4. The lowest BCUT2D eigenvalue weighted by atomic mass is 9.95. The number of halogens is 6. The van der Waals surface area contributed by atoms with Gasteiger partial charge in [-0.1, -0.05) is 53.5 Å². The summed E-state index contributed by atoms with van der Waals surface area (Å²) in [4.78, 5) is 12.7. The van der Waals surface area contributed by atoms with Crippen LogP contribution in [-0.4, -0.2) is 27.3 Å². The van der Waals surface area contributed by atoms with Gasteiger partial charge in [-0.05, 0) is 34.9 Å². The third kappa shape index (κ3) is 6.89. The first-order valence-electron chi connectivity index (χ1n) is 8.79. The number of alkyl halides is 3. The van der Waals surface area contributed by atoms with Gasteiger partial charge in [-0.25, -0.2) is 9.18 Å². The Morgan fingerprint density at radius 1 is 0.938 bits per heavy atom. The van der Waals surface area contributed by atoms with Crippen LogP contribution in [0, 0.1) is 5.82 Å². The Morgan fingerprint density at radius 2 is 1.50 bits per heavy atom. The minimum atomic E-state index is -5.08. The van der Waals surface area contributed by atoms with Crippen LogP contribution < -0.4 is 5.73 Å². The molecule has 32 heavy (non-hydrogen) atoms. The zero-order chi connectivity index (χ0) is 24.1. The molecule has 0 spiro atoms. The van der Waals surface area contributed by atoms with Crippen LogP contribution in [0.15, 0.2) is 60.9 Å². The van der Waals surface area contributed by atoms with Gasteiger partial charge in [-0.15, -0.1) is 0 Å². The Morgan fingerprint density at radius 3 is 2.00 bits per heavy atom. The standard InChI is InChI=1S/C19H15Cl2FN2O.C2HF3O2/c20-16-6-5-13(8-17(16)21)18(23)19(25)12-3-1-11(2-4-12)14-7-15(22)10-24-9-14;3-2(4,5)1(6)7/h1-10,18-19,25H,23H2;(H,6,7)/t18-,19+;/m0./s1. The molecule has 2 aromatic carbocycles. The molecule has 3 aromatic rings. The van der Waals surface area contributed by atoms with Crippen LogP contribution in [0.2, 0.25) is 10.0 Å². The molecule has 5 nitrogen and oxygen atoms in total. The molecule has 170 valence electrons. The zero-order valence-corrected chi connectivity index (χ0v) is 17.5. The molecule has 0 aliphatic carbocycles. The SMILES string of the molecule is N[C@@H](c1ccc(Cl)c(Cl)c1)[C@H](O)c1ccc(-c2cncc(F)c2)cc1.O=C(O)C(F)(F)F. The Balaban J connectivity index is 0.000000451. The number of pyridine rings is 1. The van der Waals surface area contributed by atoms with E-state index in [0.29, 0.717) is 26.7 Å². The first-order chi connectivity index (χ1) is 14.9. The number of hydrogen-bond donors (Lipinski definition) is 3. The number of aliphatic carboxylic acids is 1. The maximum atomic E-state index is 13.3. The lowest BCUT2D eigenvalue weighted by Crippen LogP contribution is -2.21. The molecule has 2 atom stereocenters. The van der Waals surface area contributed by atoms with Gasteiger partial charge in [-0.3, -0.25) is 4.98 Å². The van der Waals surface area contributed by atoms with E-state index in [-0.39, 0.29) is 0 Å². The van der Waals surface area contributed by atoms with E-state index in [4.69, 9.17) is 38.8 Å². The Kier molecular flexibility index (Phi) is 8.57. The summed E-state index contributed by atoms with van der Waals surface area (Å²) in [5.74, 6) is -3.16. The molecular formula is C21H16Cl2F4N2O3. The Labute approximate surface area is 190 Å². The number of aliphatic hydroxyl groups is 1. The Bertz CT molecular complexity index is 1080. The minimum Gasteiger partial charge on any atom is -0.475 e. The molecule has 0 fully saturated rings. The van der Waals surface area contributed by atoms with E-state index >= 15 is 0 Å². The van der Waals surface area contributed by atoms with Crippen molar-refractivity contribution in [3.8, 4) is 11.1 Å². The van der Waals surface area contributed by atoms with E-state index in [1.807, 2.05) is 0 Å². The van der Waals surface area contributed by atoms with Crippen molar-refractivity contribution < 1.29 is 32.6 Å². The van der Waals surface area contributed by atoms with Crippen LogP contribution in [0.1, 0.15) is 23.3 Å². The average molecular weight is 491 g/mol. The van der Waals surface area contributed by atoms with Gasteiger partial charge in [0.1, 0.15) is 5.82 Å². The predicted molar refractivity (Wildman–Crippen MR) is 112 cm³/mol. The second-order valence-corrected chi connectivity index (χ2v) is 7.28. The average Bonchev–Trinajstić information content (AvgIpc) is 2.74. The molecule has 11 heteroatoms. The fourth-order valence-electron chi connectivity index (χ4n) is 2.55. The molecular weight excluding hydrogens is 475 g/mol. The third-order valence-corrected chi connectivity index (χ3v) is 4.94. The van der Waals surface area contributed by atoms with Gasteiger partial charge >= 0.3 is 12.1 Å². The molecule has 1 aromatic heterocycles.